The van der Waals surface area contributed by atoms with Crippen LogP contribution in [0.3, 0.4) is 0 Å². The van der Waals surface area contributed by atoms with E-state index in [2.05, 4.69) is 6.92 Å². The summed E-state index contributed by atoms with van der Waals surface area (Å²) in [6.45, 7) is 3.88. The molecule has 1 aliphatic carbocycles. The zero-order chi connectivity index (χ0) is 20.1. The van der Waals surface area contributed by atoms with Crippen LogP contribution in [-0.4, -0.2) is 36.4 Å². The first-order valence-electron chi connectivity index (χ1n) is 10.7. The van der Waals surface area contributed by atoms with E-state index in [-0.39, 0.29) is 17.9 Å². The maximum atomic E-state index is 12.2. The van der Waals surface area contributed by atoms with Gasteiger partial charge in [-0.05, 0) is 38.5 Å². The minimum atomic E-state index is -0.742. The molecule has 1 aliphatic rings. The molecule has 0 aromatic rings. The number of carbonyl (C=O) groups excluding carboxylic acids is 2. The van der Waals surface area contributed by atoms with Crippen molar-refractivity contribution >= 4 is 11.9 Å². The zero-order valence-electron chi connectivity index (χ0n) is 17.4. The van der Waals surface area contributed by atoms with Crippen LogP contribution in [0.25, 0.3) is 0 Å². The molecule has 0 aliphatic heterocycles. The fraction of sp³-hybridized carbons (Fsp3) is 0.818. The Hall–Kier alpha value is -1.36. The lowest BCUT2D eigenvalue weighted by Crippen LogP contribution is -2.31. The van der Waals surface area contributed by atoms with E-state index >= 15 is 0 Å². The molecule has 1 fully saturated rings. The van der Waals surface area contributed by atoms with Gasteiger partial charge in [0, 0.05) is 6.42 Å². The van der Waals surface area contributed by atoms with E-state index in [1.807, 2.05) is 6.08 Å². The summed E-state index contributed by atoms with van der Waals surface area (Å²) in [7, 11) is 1.43. The molecule has 1 N–H and O–H groups in total. The summed E-state index contributed by atoms with van der Waals surface area (Å²) in [6.07, 6.45) is 11.3. The maximum absolute atomic E-state index is 12.2. The summed E-state index contributed by atoms with van der Waals surface area (Å²) in [5, 5.41) is 10.7. The van der Waals surface area contributed by atoms with Gasteiger partial charge in [0.25, 0.3) is 0 Å². The number of unbranched alkanes of at least 4 members (excludes halogenated alkanes) is 2. The molecule has 3 unspecified atom stereocenters. The maximum Gasteiger partial charge on any atom is 0.312 e. The number of hydrogen-bond acceptors (Lipinski definition) is 5. The van der Waals surface area contributed by atoms with Gasteiger partial charge in [0.1, 0.15) is 6.10 Å². The van der Waals surface area contributed by atoms with E-state index in [0.29, 0.717) is 19.3 Å². The van der Waals surface area contributed by atoms with E-state index < -0.39 is 12.2 Å². The molecule has 0 heterocycles. The zero-order valence-corrected chi connectivity index (χ0v) is 17.4. The van der Waals surface area contributed by atoms with E-state index in [4.69, 9.17) is 9.47 Å². The lowest BCUT2D eigenvalue weighted by molar-refractivity contribution is -0.155. The van der Waals surface area contributed by atoms with Gasteiger partial charge < -0.3 is 14.6 Å². The van der Waals surface area contributed by atoms with Crippen LogP contribution < -0.4 is 0 Å². The third kappa shape index (κ3) is 8.91. The van der Waals surface area contributed by atoms with Crippen molar-refractivity contribution in [1.82, 2.24) is 0 Å². The Balaban J connectivity index is 2.80. The third-order valence-electron chi connectivity index (χ3n) is 5.36. The SMILES string of the molecule is CCCCCC(OC(=O)CC)C(O)CC=C1CCCCCCC1C(=O)OC. The van der Waals surface area contributed by atoms with Gasteiger partial charge >= 0.3 is 11.9 Å². The van der Waals surface area contributed by atoms with Crippen molar-refractivity contribution in [3.63, 3.8) is 0 Å². The van der Waals surface area contributed by atoms with Gasteiger partial charge in [-0.25, -0.2) is 0 Å². The van der Waals surface area contributed by atoms with Gasteiger partial charge in [0.15, 0.2) is 0 Å². The minimum absolute atomic E-state index is 0.186. The monoisotopic (exact) mass is 382 g/mol. The molecule has 5 nitrogen and oxygen atoms in total. The van der Waals surface area contributed by atoms with Crippen LogP contribution in [0, 0.1) is 5.92 Å². The largest absolute Gasteiger partial charge is 0.469 e. The van der Waals surface area contributed by atoms with Crippen molar-refractivity contribution in [1.29, 1.82) is 0 Å². The molecular formula is C22H38O5. The Morgan fingerprint density at radius 2 is 1.93 bits per heavy atom. The highest BCUT2D eigenvalue weighted by atomic mass is 16.6. The third-order valence-corrected chi connectivity index (χ3v) is 5.36. The Morgan fingerprint density at radius 1 is 1.19 bits per heavy atom. The number of esters is 2. The number of aliphatic hydroxyl groups excluding tert-OH is 1. The van der Waals surface area contributed by atoms with Crippen molar-refractivity contribution in [2.75, 3.05) is 7.11 Å². The van der Waals surface area contributed by atoms with Crippen molar-refractivity contribution < 1.29 is 24.2 Å². The Morgan fingerprint density at radius 3 is 2.59 bits per heavy atom. The topological polar surface area (TPSA) is 72.8 Å². The number of rotatable bonds is 10. The van der Waals surface area contributed by atoms with Gasteiger partial charge in [-0.3, -0.25) is 9.59 Å². The number of carbonyl (C=O) groups is 2. The Labute approximate surface area is 164 Å². The molecular weight excluding hydrogens is 344 g/mol. The van der Waals surface area contributed by atoms with Crippen molar-refractivity contribution in [2.24, 2.45) is 5.92 Å². The lowest BCUT2D eigenvalue weighted by atomic mass is 9.85. The van der Waals surface area contributed by atoms with E-state index in [0.717, 1.165) is 56.9 Å². The predicted molar refractivity (Wildman–Crippen MR) is 106 cm³/mol. The van der Waals surface area contributed by atoms with Gasteiger partial charge in [0.2, 0.25) is 0 Å². The second-order valence-corrected chi connectivity index (χ2v) is 7.49. The predicted octanol–water partition coefficient (Wildman–Crippen LogP) is 4.71. The smallest absolute Gasteiger partial charge is 0.312 e. The molecule has 0 aromatic carbocycles. The molecule has 0 saturated heterocycles. The highest BCUT2D eigenvalue weighted by Gasteiger charge is 2.26. The van der Waals surface area contributed by atoms with Gasteiger partial charge in [-0.2, -0.15) is 0 Å². The molecule has 0 bridgehead atoms. The second kappa shape index (κ2) is 13.8. The van der Waals surface area contributed by atoms with Gasteiger partial charge in [-0.1, -0.05) is 57.6 Å². The molecule has 0 aromatic heterocycles. The van der Waals surface area contributed by atoms with Gasteiger partial charge in [0.05, 0.1) is 19.1 Å². The van der Waals surface area contributed by atoms with Crippen molar-refractivity contribution in [3.8, 4) is 0 Å². The van der Waals surface area contributed by atoms with E-state index in [1.165, 1.54) is 13.5 Å². The molecule has 1 rings (SSSR count). The molecule has 3 atom stereocenters. The Bertz CT molecular complexity index is 471. The summed E-state index contributed by atoms with van der Waals surface area (Å²) >= 11 is 0. The van der Waals surface area contributed by atoms with E-state index in [9.17, 15) is 14.7 Å². The van der Waals surface area contributed by atoms with E-state index in [1.54, 1.807) is 6.92 Å². The van der Waals surface area contributed by atoms with Crippen LogP contribution in [0.4, 0.5) is 0 Å². The number of hydrogen-bond donors (Lipinski definition) is 1. The van der Waals surface area contributed by atoms with Crippen LogP contribution in [-0.2, 0) is 19.1 Å². The first-order valence-corrected chi connectivity index (χ1v) is 10.7. The van der Waals surface area contributed by atoms with Crippen molar-refractivity contribution in [2.45, 2.75) is 103 Å². The fourth-order valence-corrected chi connectivity index (χ4v) is 3.65. The standard InChI is InChI=1S/C22H38O5/c1-4-6-9-14-20(27-21(24)5-2)19(23)16-15-17-12-10-7-8-11-13-18(17)22(25)26-3/h15,18-20,23H,4-14,16H2,1-3H3. The number of aliphatic hydroxyl groups is 1. The molecule has 27 heavy (non-hydrogen) atoms. The highest BCUT2D eigenvalue weighted by molar-refractivity contribution is 5.75. The molecule has 156 valence electrons. The Kier molecular flexibility index (Phi) is 12.1. The lowest BCUT2D eigenvalue weighted by Gasteiger charge is -2.24. The fourth-order valence-electron chi connectivity index (χ4n) is 3.65. The average molecular weight is 383 g/mol. The van der Waals surface area contributed by atoms with Crippen LogP contribution in [0.5, 0.6) is 0 Å². The summed E-state index contributed by atoms with van der Waals surface area (Å²) in [5.74, 6) is -0.671. The quantitative estimate of drug-likeness (QED) is 0.336. The molecule has 0 amide bonds. The summed E-state index contributed by atoms with van der Waals surface area (Å²) in [4.78, 5) is 23.9. The molecule has 0 spiro atoms. The normalized spacial score (nSPS) is 21.8. The summed E-state index contributed by atoms with van der Waals surface area (Å²) in [5.41, 5.74) is 1.06. The first-order chi connectivity index (χ1) is 13.0. The van der Waals surface area contributed by atoms with Crippen LogP contribution in [0.15, 0.2) is 11.6 Å². The minimum Gasteiger partial charge on any atom is -0.469 e. The molecule has 0 radical (unpaired) electrons. The second-order valence-electron chi connectivity index (χ2n) is 7.49. The summed E-state index contributed by atoms with van der Waals surface area (Å²) < 4.78 is 10.5. The first kappa shape index (κ1) is 23.7. The highest BCUT2D eigenvalue weighted by Crippen LogP contribution is 2.29. The summed E-state index contributed by atoms with van der Waals surface area (Å²) in [6, 6.07) is 0. The van der Waals surface area contributed by atoms with Gasteiger partial charge in [-0.15, -0.1) is 0 Å². The molecule has 5 heteroatoms. The average Bonchev–Trinajstić information content (AvgIpc) is 2.65. The van der Waals surface area contributed by atoms with Crippen LogP contribution >= 0.6 is 0 Å². The number of ether oxygens (including phenoxy) is 2. The molecule has 1 saturated carbocycles. The number of methoxy groups -OCH3 is 1. The van der Waals surface area contributed by atoms with Crippen molar-refractivity contribution in [3.05, 3.63) is 11.6 Å². The van der Waals surface area contributed by atoms with Crippen LogP contribution in [0.1, 0.15) is 90.9 Å². The van der Waals surface area contributed by atoms with Crippen LogP contribution in [0.2, 0.25) is 0 Å².